The van der Waals surface area contributed by atoms with Gasteiger partial charge in [-0.25, -0.2) is 13.2 Å². The van der Waals surface area contributed by atoms with E-state index >= 15 is 0 Å². The molecule has 0 amide bonds. The Labute approximate surface area is 89.0 Å². The summed E-state index contributed by atoms with van der Waals surface area (Å²) in [5.41, 5.74) is 0. The number of sulfonamides is 1. The van der Waals surface area contributed by atoms with Crippen LogP contribution < -0.4 is 0 Å². The molecule has 0 aromatic carbocycles. The summed E-state index contributed by atoms with van der Waals surface area (Å²) in [5, 5.41) is -0.528. The van der Waals surface area contributed by atoms with Crippen LogP contribution in [0.4, 0.5) is 0 Å². The monoisotopic (exact) mass is 234 g/mol. The Balaban J connectivity index is 2.95. The highest BCUT2D eigenvalue weighted by atomic mass is 32.2. The van der Waals surface area contributed by atoms with Crippen LogP contribution in [0.25, 0.3) is 0 Å². The molecule has 0 aliphatic carbocycles. The summed E-state index contributed by atoms with van der Waals surface area (Å²) < 4.78 is 30.0. The molecule has 0 saturated carbocycles. The van der Waals surface area contributed by atoms with Crippen LogP contribution >= 0.6 is 0 Å². The smallest absolute Gasteiger partial charge is 0.236 e. The normalized spacial score (nSPS) is 23.8. The largest absolute Gasteiger partial charge is 0.376 e. The number of aliphatic imine (C=N–C) groups is 1. The second kappa shape index (κ2) is 4.85. The van der Waals surface area contributed by atoms with Crippen molar-refractivity contribution in [2.24, 2.45) is 4.99 Å². The molecule has 0 N–H and O–H groups in total. The Morgan fingerprint density at radius 2 is 2.20 bits per heavy atom. The third-order valence-electron chi connectivity index (χ3n) is 2.18. The summed E-state index contributed by atoms with van der Waals surface area (Å²) in [7, 11) is -3.39. The van der Waals surface area contributed by atoms with E-state index in [2.05, 4.69) is 4.99 Å². The van der Waals surface area contributed by atoms with Crippen molar-refractivity contribution in [3.05, 3.63) is 0 Å². The maximum absolute atomic E-state index is 11.9. The first-order valence-electron chi connectivity index (χ1n) is 4.65. The van der Waals surface area contributed by atoms with E-state index in [1.54, 1.807) is 13.8 Å². The van der Waals surface area contributed by atoms with E-state index in [0.717, 1.165) is 0 Å². The van der Waals surface area contributed by atoms with Gasteiger partial charge in [-0.05, 0) is 13.8 Å². The summed E-state index contributed by atoms with van der Waals surface area (Å²) in [6, 6.07) is 0. The van der Waals surface area contributed by atoms with Crippen LogP contribution in [0.5, 0.6) is 0 Å². The van der Waals surface area contributed by atoms with Crippen LogP contribution in [-0.2, 0) is 19.6 Å². The van der Waals surface area contributed by atoms with Gasteiger partial charge in [0, 0.05) is 6.54 Å². The third kappa shape index (κ3) is 2.63. The lowest BCUT2D eigenvalue weighted by molar-refractivity contribution is 0.0356. The van der Waals surface area contributed by atoms with Crippen molar-refractivity contribution in [1.82, 2.24) is 4.31 Å². The zero-order valence-corrected chi connectivity index (χ0v) is 9.53. The van der Waals surface area contributed by atoms with Crippen LogP contribution in [0.1, 0.15) is 13.8 Å². The predicted molar refractivity (Wildman–Crippen MR) is 53.5 cm³/mol. The molecule has 1 saturated heterocycles. The van der Waals surface area contributed by atoms with Crippen LogP contribution in [-0.4, -0.2) is 50.0 Å². The van der Waals surface area contributed by atoms with E-state index in [9.17, 15) is 13.2 Å². The second-order valence-electron chi connectivity index (χ2n) is 3.48. The summed E-state index contributed by atoms with van der Waals surface area (Å²) in [6.07, 6.45) is 0.607. The quantitative estimate of drug-likeness (QED) is 0.497. The van der Waals surface area contributed by atoms with Crippen molar-refractivity contribution in [2.75, 3.05) is 19.8 Å². The molecule has 0 bridgehead atoms. The number of morpholine rings is 1. The first-order valence-corrected chi connectivity index (χ1v) is 6.16. The minimum atomic E-state index is -3.39. The second-order valence-corrected chi connectivity index (χ2v) is 5.92. The molecule has 1 aliphatic heterocycles. The summed E-state index contributed by atoms with van der Waals surface area (Å²) >= 11 is 0. The fourth-order valence-corrected chi connectivity index (χ4v) is 2.62. The Hall–Kier alpha value is -0.750. The topological polar surface area (TPSA) is 76.0 Å². The molecule has 0 aromatic heterocycles. The van der Waals surface area contributed by atoms with Gasteiger partial charge in [0.05, 0.1) is 18.5 Å². The van der Waals surface area contributed by atoms with Gasteiger partial charge in [-0.3, -0.25) is 0 Å². The number of hydrogen-bond donors (Lipinski definition) is 0. The maximum Gasteiger partial charge on any atom is 0.236 e. The molecule has 1 heterocycles. The molecule has 0 spiro atoms. The molecule has 1 unspecified atom stereocenters. The predicted octanol–water partition coefficient (Wildman–Crippen LogP) is -0.281. The summed E-state index contributed by atoms with van der Waals surface area (Å²) in [6.45, 7) is 3.85. The molecule has 1 aliphatic rings. The molecule has 0 aromatic rings. The molecular formula is C8H14N2O4S. The maximum atomic E-state index is 11.9. The molecule has 6 nitrogen and oxygen atoms in total. The molecule has 1 rings (SSSR count). The number of nitrogens with zero attached hydrogens (tertiary/aromatic N) is 2. The first kappa shape index (κ1) is 12.3. The average molecular weight is 234 g/mol. The van der Waals surface area contributed by atoms with Gasteiger partial charge < -0.3 is 4.74 Å². The SMILES string of the molecule is CC(C)S(=O)(=O)N1CCOCC1N=C=O. The van der Waals surface area contributed by atoms with Crippen molar-refractivity contribution in [2.45, 2.75) is 25.3 Å². The van der Waals surface area contributed by atoms with E-state index in [4.69, 9.17) is 4.74 Å². The van der Waals surface area contributed by atoms with Gasteiger partial charge in [0.15, 0.2) is 6.17 Å². The molecule has 0 radical (unpaired) electrons. The molecule has 7 heteroatoms. The summed E-state index contributed by atoms with van der Waals surface area (Å²) in [5.74, 6) is 0. The highest BCUT2D eigenvalue weighted by Gasteiger charge is 2.34. The van der Waals surface area contributed by atoms with Crippen LogP contribution in [0.3, 0.4) is 0 Å². The van der Waals surface area contributed by atoms with Crippen LogP contribution in [0, 0.1) is 0 Å². The number of rotatable bonds is 3. The minimum Gasteiger partial charge on any atom is -0.376 e. The number of isocyanates is 1. The average Bonchev–Trinajstić information content (AvgIpc) is 2.18. The first-order chi connectivity index (χ1) is 7.00. The zero-order valence-electron chi connectivity index (χ0n) is 8.71. The molecule has 86 valence electrons. The molecular weight excluding hydrogens is 220 g/mol. The van der Waals surface area contributed by atoms with Gasteiger partial charge in [-0.1, -0.05) is 0 Å². The highest BCUT2D eigenvalue weighted by molar-refractivity contribution is 7.89. The minimum absolute atomic E-state index is 0.112. The molecule has 1 fully saturated rings. The van der Waals surface area contributed by atoms with E-state index in [0.29, 0.717) is 6.61 Å². The number of ether oxygens (including phenoxy) is 1. The molecule has 1 atom stereocenters. The van der Waals surface area contributed by atoms with Gasteiger partial charge in [-0.2, -0.15) is 9.30 Å². The Morgan fingerprint density at radius 3 is 2.73 bits per heavy atom. The van der Waals surface area contributed by atoms with Crippen molar-refractivity contribution in [1.29, 1.82) is 0 Å². The van der Waals surface area contributed by atoms with Gasteiger partial charge in [-0.15, -0.1) is 0 Å². The highest BCUT2D eigenvalue weighted by Crippen LogP contribution is 2.16. The van der Waals surface area contributed by atoms with Gasteiger partial charge in [0.1, 0.15) is 0 Å². The zero-order chi connectivity index (χ0) is 11.5. The van der Waals surface area contributed by atoms with Crippen molar-refractivity contribution in [3.8, 4) is 0 Å². The van der Waals surface area contributed by atoms with Crippen LogP contribution in [0.2, 0.25) is 0 Å². The standard InChI is InChI=1S/C8H14N2O4S/c1-7(2)15(12,13)10-3-4-14-5-8(10)9-6-11/h7-8H,3-5H2,1-2H3. The van der Waals surface area contributed by atoms with Gasteiger partial charge >= 0.3 is 0 Å². The number of carbonyl (C=O) groups excluding carboxylic acids is 1. The lowest BCUT2D eigenvalue weighted by Crippen LogP contribution is -2.49. The molecule has 15 heavy (non-hydrogen) atoms. The fourth-order valence-electron chi connectivity index (χ4n) is 1.31. The van der Waals surface area contributed by atoms with E-state index in [-0.39, 0.29) is 13.2 Å². The fraction of sp³-hybridized carbons (Fsp3) is 0.875. The Kier molecular flexibility index (Phi) is 3.98. The lowest BCUT2D eigenvalue weighted by atomic mass is 10.4. The Morgan fingerprint density at radius 1 is 1.53 bits per heavy atom. The van der Waals surface area contributed by atoms with Crippen molar-refractivity contribution in [3.63, 3.8) is 0 Å². The third-order valence-corrected chi connectivity index (χ3v) is 4.45. The van der Waals surface area contributed by atoms with Gasteiger partial charge in [0.25, 0.3) is 0 Å². The van der Waals surface area contributed by atoms with Crippen LogP contribution in [0.15, 0.2) is 4.99 Å². The number of hydrogen-bond acceptors (Lipinski definition) is 5. The van der Waals surface area contributed by atoms with Crippen molar-refractivity contribution < 1.29 is 17.9 Å². The van der Waals surface area contributed by atoms with E-state index < -0.39 is 21.4 Å². The lowest BCUT2D eigenvalue weighted by Gasteiger charge is -2.32. The van der Waals surface area contributed by atoms with Crippen molar-refractivity contribution >= 4 is 16.1 Å². The summed E-state index contributed by atoms with van der Waals surface area (Å²) in [4.78, 5) is 13.6. The van der Waals surface area contributed by atoms with E-state index in [1.165, 1.54) is 10.4 Å². The Bertz CT molecular complexity index is 359. The van der Waals surface area contributed by atoms with Gasteiger partial charge in [0.2, 0.25) is 16.1 Å². The van der Waals surface area contributed by atoms with E-state index in [1.807, 2.05) is 0 Å².